The Morgan fingerprint density at radius 2 is 1.88 bits per heavy atom. The lowest BCUT2D eigenvalue weighted by Crippen LogP contribution is -2.23. The molecule has 2 aromatic rings. The summed E-state index contributed by atoms with van der Waals surface area (Å²) >= 11 is 0. The Balaban J connectivity index is 2.38. The van der Waals surface area contributed by atoms with E-state index in [0.717, 1.165) is 16.3 Å². The van der Waals surface area contributed by atoms with Crippen LogP contribution in [0.15, 0.2) is 39.1 Å². The maximum Gasteiger partial charge on any atom is 0.276 e. The predicted octanol–water partition coefficient (Wildman–Crippen LogP) is 0.892. The first-order chi connectivity index (χ1) is 11.7. The first kappa shape index (κ1) is 18.2. The monoisotopic (exact) mass is 360 g/mol. The highest BCUT2D eigenvalue weighted by Gasteiger charge is 2.16. The number of pyridine rings is 1. The lowest BCUT2D eigenvalue weighted by molar-refractivity contribution is 0.421. The van der Waals surface area contributed by atoms with Crippen LogP contribution in [0.1, 0.15) is 22.3 Å². The second-order valence-corrected chi connectivity index (χ2v) is 7.04. The van der Waals surface area contributed by atoms with E-state index in [1.54, 1.807) is 18.2 Å². The summed E-state index contributed by atoms with van der Waals surface area (Å²) in [5, 5.41) is 22.7. The van der Waals surface area contributed by atoms with Crippen molar-refractivity contribution in [3.05, 3.63) is 56.9 Å². The molecule has 130 valence electrons. The zero-order valence-electron chi connectivity index (χ0n) is 13.8. The minimum Gasteiger partial charge on any atom is -0.494 e. The van der Waals surface area contributed by atoms with Crippen molar-refractivity contribution in [3.63, 3.8) is 0 Å². The number of aromatic nitrogens is 1. The second kappa shape index (κ2) is 6.78. The van der Waals surface area contributed by atoms with E-state index in [0.29, 0.717) is 0 Å². The Kier molecular flexibility index (Phi) is 4.94. The minimum atomic E-state index is -3.87. The van der Waals surface area contributed by atoms with Gasteiger partial charge in [-0.2, -0.15) is 18.8 Å². The third kappa shape index (κ3) is 3.54. The van der Waals surface area contributed by atoms with Crippen LogP contribution < -0.4 is 10.4 Å². The fourth-order valence-electron chi connectivity index (χ4n) is 2.12. The molecule has 2 N–H and O–H groups in total. The van der Waals surface area contributed by atoms with Crippen molar-refractivity contribution in [2.24, 2.45) is 12.1 Å². The summed E-state index contributed by atoms with van der Waals surface area (Å²) in [6, 6.07) is 7.95. The number of nitriles is 1. The van der Waals surface area contributed by atoms with Crippen LogP contribution in [0.25, 0.3) is 0 Å². The number of sulfonamides is 1. The van der Waals surface area contributed by atoms with E-state index in [9.17, 15) is 18.3 Å². The summed E-state index contributed by atoms with van der Waals surface area (Å²) in [6.07, 6.45) is 1.05. The molecule has 0 radical (unpaired) electrons. The van der Waals surface area contributed by atoms with Gasteiger partial charge in [0.2, 0.25) is 5.88 Å². The first-order valence-corrected chi connectivity index (χ1v) is 8.61. The average Bonchev–Trinajstić information content (AvgIpc) is 2.57. The molecule has 0 aliphatic heterocycles. The number of nitrogens with one attached hydrogen (secondary N) is 1. The van der Waals surface area contributed by atoms with Gasteiger partial charge in [-0.1, -0.05) is 17.7 Å². The van der Waals surface area contributed by atoms with Crippen molar-refractivity contribution in [1.82, 2.24) is 9.40 Å². The number of hydrogen-bond acceptors (Lipinski definition) is 6. The molecule has 0 bridgehead atoms. The number of rotatable bonds is 4. The number of aromatic hydroxyl groups is 1. The van der Waals surface area contributed by atoms with Crippen LogP contribution in [-0.2, 0) is 17.1 Å². The van der Waals surface area contributed by atoms with E-state index in [-0.39, 0.29) is 21.6 Å². The van der Waals surface area contributed by atoms with Gasteiger partial charge >= 0.3 is 0 Å². The molecule has 0 amide bonds. The lowest BCUT2D eigenvalue weighted by atomic mass is 10.1. The Hall–Kier alpha value is -3.12. The predicted molar refractivity (Wildman–Crippen MR) is 91.9 cm³/mol. The molecular formula is C16H16N4O4S. The number of hydrazone groups is 1. The van der Waals surface area contributed by atoms with Gasteiger partial charge in [0.15, 0.2) is 0 Å². The fourth-order valence-corrected chi connectivity index (χ4v) is 2.92. The van der Waals surface area contributed by atoms with Gasteiger partial charge in [0.1, 0.15) is 11.6 Å². The van der Waals surface area contributed by atoms with Crippen molar-refractivity contribution in [1.29, 1.82) is 5.26 Å². The molecule has 0 aliphatic carbocycles. The van der Waals surface area contributed by atoms with Crippen LogP contribution in [0.3, 0.4) is 0 Å². The standard InChI is InChI=1S/C16H16N4O4S/c1-10-4-6-12(7-5-10)25(23,24)19-18-9-14-11(2)13(8-17)15(21)20(3)16(14)22/h4-7,9,19,22H,1-3H3. The van der Waals surface area contributed by atoms with Gasteiger partial charge in [-0.25, -0.2) is 4.83 Å². The number of aryl methyl sites for hydroxylation is 1. The normalized spacial score (nSPS) is 11.4. The highest BCUT2D eigenvalue weighted by atomic mass is 32.2. The van der Waals surface area contributed by atoms with Gasteiger partial charge in [-0.05, 0) is 31.5 Å². The van der Waals surface area contributed by atoms with Crippen LogP contribution >= 0.6 is 0 Å². The van der Waals surface area contributed by atoms with Crippen LogP contribution in [0, 0.1) is 25.2 Å². The third-order valence-electron chi connectivity index (χ3n) is 3.67. The van der Waals surface area contributed by atoms with Gasteiger partial charge in [0.05, 0.1) is 16.7 Å². The van der Waals surface area contributed by atoms with E-state index < -0.39 is 21.5 Å². The molecule has 0 spiro atoms. The largest absolute Gasteiger partial charge is 0.494 e. The van der Waals surface area contributed by atoms with E-state index in [1.807, 2.05) is 11.8 Å². The lowest BCUT2D eigenvalue weighted by Gasteiger charge is -2.10. The summed E-state index contributed by atoms with van der Waals surface area (Å²) in [4.78, 5) is 13.9. The number of nitrogens with zero attached hydrogens (tertiary/aromatic N) is 3. The topological polar surface area (TPSA) is 125 Å². The molecule has 2 rings (SSSR count). The van der Waals surface area contributed by atoms with Gasteiger partial charge < -0.3 is 5.11 Å². The van der Waals surface area contributed by atoms with Crippen molar-refractivity contribution in [2.75, 3.05) is 0 Å². The Labute approximate surface area is 144 Å². The molecule has 0 fully saturated rings. The Bertz CT molecular complexity index is 1050. The smallest absolute Gasteiger partial charge is 0.276 e. The van der Waals surface area contributed by atoms with E-state index in [1.165, 1.54) is 26.1 Å². The van der Waals surface area contributed by atoms with Crippen LogP contribution in [0.4, 0.5) is 0 Å². The zero-order chi connectivity index (χ0) is 18.8. The molecule has 0 aliphatic rings. The highest BCUT2D eigenvalue weighted by molar-refractivity contribution is 7.89. The van der Waals surface area contributed by atoms with Crippen LogP contribution in [0.5, 0.6) is 5.88 Å². The molecule has 1 heterocycles. The molecule has 0 atom stereocenters. The number of benzene rings is 1. The number of hydrogen-bond donors (Lipinski definition) is 2. The Morgan fingerprint density at radius 1 is 1.28 bits per heavy atom. The molecule has 8 nitrogen and oxygen atoms in total. The first-order valence-electron chi connectivity index (χ1n) is 7.13. The molecular weight excluding hydrogens is 344 g/mol. The van der Waals surface area contributed by atoms with Crippen molar-refractivity contribution >= 4 is 16.2 Å². The zero-order valence-corrected chi connectivity index (χ0v) is 14.6. The van der Waals surface area contributed by atoms with Gasteiger partial charge in [-0.15, -0.1) is 0 Å². The molecule has 1 aromatic heterocycles. The molecule has 0 saturated carbocycles. The van der Waals surface area contributed by atoms with Crippen molar-refractivity contribution < 1.29 is 13.5 Å². The molecule has 1 aromatic carbocycles. The summed E-state index contributed by atoms with van der Waals surface area (Å²) < 4.78 is 25.2. The molecule has 0 unspecified atom stereocenters. The third-order valence-corrected chi connectivity index (χ3v) is 4.90. The van der Waals surface area contributed by atoms with Gasteiger partial charge in [-0.3, -0.25) is 9.36 Å². The summed E-state index contributed by atoms with van der Waals surface area (Å²) in [6.45, 7) is 3.30. The summed E-state index contributed by atoms with van der Waals surface area (Å²) in [5.41, 5.74) is 0.405. The molecule has 25 heavy (non-hydrogen) atoms. The highest BCUT2D eigenvalue weighted by Crippen LogP contribution is 2.18. The van der Waals surface area contributed by atoms with Crippen molar-refractivity contribution in [3.8, 4) is 11.9 Å². The second-order valence-electron chi connectivity index (χ2n) is 5.38. The van der Waals surface area contributed by atoms with Crippen LogP contribution in [0.2, 0.25) is 0 Å². The summed E-state index contributed by atoms with van der Waals surface area (Å²) in [5.74, 6) is -0.417. The fraction of sp³-hybridized carbons (Fsp3) is 0.188. The Morgan fingerprint density at radius 3 is 2.44 bits per heavy atom. The van der Waals surface area contributed by atoms with E-state index >= 15 is 0 Å². The minimum absolute atomic E-state index is 0.0365. The average molecular weight is 360 g/mol. The SMILES string of the molecule is Cc1ccc(S(=O)(=O)NN=Cc2c(C)c(C#N)c(=O)n(C)c2O)cc1. The molecule has 0 saturated heterocycles. The van der Waals surface area contributed by atoms with E-state index in [2.05, 4.69) is 5.10 Å². The van der Waals surface area contributed by atoms with Crippen molar-refractivity contribution in [2.45, 2.75) is 18.7 Å². The summed E-state index contributed by atoms with van der Waals surface area (Å²) in [7, 11) is -2.57. The van der Waals surface area contributed by atoms with Gasteiger partial charge in [0.25, 0.3) is 15.6 Å². The van der Waals surface area contributed by atoms with E-state index in [4.69, 9.17) is 5.26 Å². The molecule has 9 heteroatoms. The maximum absolute atomic E-state index is 12.2. The maximum atomic E-state index is 12.2. The van der Waals surface area contributed by atoms with Crippen LogP contribution in [-0.4, -0.2) is 24.3 Å². The van der Waals surface area contributed by atoms with Gasteiger partial charge in [0, 0.05) is 7.05 Å². The quantitative estimate of drug-likeness (QED) is 0.619.